The predicted octanol–water partition coefficient (Wildman–Crippen LogP) is 9.82. The summed E-state index contributed by atoms with van der Waals surface area (Å²) in [6.45, 7) is 14.7. The first-order valence-electron chi connectivity index (χ1n) is 26.9. The fourth-order valence-electron chi connectivity index (χ4n) is 12.4. The van der Waals surface area contributed by atoms with E-state index in [0.717, 1.165) is 42.6 Å². The van der Waals surface area contributed by atoms with E-state index in [1.54, 1.807) is 34.3 Å². The van der Waals surface area contributed by atoms with E-state index in [-0.39, 0.29) is 61.0 Å². The highest BCUT2D eigenvalue weighted by Gasteiger charge is 2.56. The maximum absolute atomic E-state index is 14.7. The van der Waals surface area contributed by atoms with Crippen molar-refractivity contribution in [2.75, 3.05) is 39.8 Å². The van der Waals surface area contributed by atoms with Crippen LogP contribution in [0.25, 0.3) is 10.9 Å². The average Bonchev–Trinajstić information content (AvgIpc) is 3.79. The van der Waals surface area contributed by atoms with Gasteiger partial charge >= 0.3 is 5.97 Å². The number of fused-ring (bicyclic) bond motifs is 4. The van der Waals surface area contributed by atoms with Crippen molar-refractivity contribution in [3.63, 3.8) is 0 Å². The summed E-state index contributed by atoms with van der Waals surface area (Å²) in [6.07, 6.45) is 12.1. The monoisotopic (exact) mass is 1010 g/mol. The number of amides is 1. The molecule has 3 aliphatic heterocycles. The maximum atomic E-state index is 14.7. The lowest BCUT2D eigenvalue weighted by molar-refractivity contribution is -0.302. The minimum atomic E-state index is -2.48. The SMILES string of the molecule is C=CCC1/C=C(\C)CC(C)CC(OC)C2OC(O)(C(=O)C(=O)N3CCCCC3C(=O)OC(C(C)=CC3CCC(N(C)c4ccc5c(ccn5Cc5ccccc5)c4)C(OC)C3)C(C)CCC1=O)C(C)CC2OC. The van der Waals surface area contributed by atoms with E-state index in [9.17, 15) is 24.3 Å². The number of aromatic nitrogens is 1. The Labute approximate surface area is 434 Å². The topological polar surface area (TPSA) is 146 Å². The van der Waals surface area contributed by atoms with Crippen LogP contribution < -0.4 is 4.90 Å². The zero-order valence-electron chi connectivity index (χ0n) is 45.0. The van der Waals surface area contributed by atoms with E-state index < -0.39 is 59.8 Å². The number of ketones is 2. The molecule has 7 rings (SSSR count). The number of carbonyl (C=O) groups is 4. The van der Waals surface area contributed by atoms with Crippen LogP contribution in [0, 0.1) is 29.6 Å². The molecule has 13 unspecified atom stereocenters. The number of cyclic esters (lactones) is 1. The number of rotatable bonds is 11. The predicted molar refractivity (Wildman–Crippen MR) is 285 cm³/mol. The highest BCUT2D eigenvalue weighted by atomic mass is 16.7. The first kappa shape index (κ1) is 55.8. The largest absolute Gasteiger partial charge is 0.456 e. The molecule has 1 amide bonds. The number of piperidine rings is 1. The number of esters is 1. The van der Waals surface area contributed by atoms with Gasteiger partial charge in [-0.3, -0.25) is 14.4 Å². The number of anilines is 1. The second kappa shape index (κ2) is 25.1. The number of carbonyl (C=O) groups excluding carboxylic acids is 4. The van der Waals surface area contributed by atoms with Gasteiger partial charge in [0, 0.05) is 82.5 Å². The Morgan fingerprint density at radius 2 is 1.63 bits per heavy atom. The minimum absolute atomic E-state index is 0.0585. The van der Waals surface area contributed by atoms with E-state index >= 15 is 0 Å². The molecule has 4 aliphatic rings. The molecule has 0 spiro atoms. The van der Waals surface area contributed by atoms with Gasteiger partial charge in [0.2, 0.25) is 5.79 Å². The third-order valence-electron chi connectivity index (χ3n) is 16.6. The van der Waals surface area contributed by atoms with Crippen molar-refractivity contribution in [1.82, 2.24) is 9.47 Å². The molecule has 2 bridgehead atoms. The molecule has 1 aliphatic carbocycles. The number of ether oxygens (including phenoxy) is 5. The van der Waals surface area contributed by atoms with Gasteiger partial charge in [-0.05, 0) is 138 Å². The van der Waals surface area contributed by atoms with Crippen LogP contribution in [0.3, 0.4) is 0 Å². The summed E-state index contributed by atoms with van der Waals surface area (Å²) in [5.41, 5.74) is 5.48. The second-order valence-electron chi connectivity index (χ2n) is 21.9. The molecule has 2 saturated heterocycles. The van der Waals surface area contributed by atoms with E-state index in [2.05, 4.69) is 96.9 Å². The number of benzene rings is 2. The molecule has 4 heterocycles. The standard InChI is InChI=1S/C60H83N3O10/c1-11-17-46-31-38(2)30-39(3)32-53(70-9)56-54(71-10)34-42(6)60(68,73-56)57(65)58(66)63-28-16-15-20-50(63)59(67)72-55(40(4)21-26-51(46)64)41(5)33-44-22-24-49(52(35-44)69-8)61(7)47-23-25-48-45(36-47)27-29-62(48)37-43-18-13-12-14-19-43/h11-14,18-19,23,25,27,29,31,33,36,39-40,42,44,46,49-50,52-56,68H,1,15-17,20-22,24,26,28,30,32,34-35,37H2,2-10H3/b38-31+,41-33?. The first-order valence-corrected chi connectivity index (χ1v) is 26.9. The van der Waals surface area contributed by atoms with E-state index in [4.69, 9.17) is 23.7 Å². The highest BCUT2D eigenvalue weighted by molar-refractivity contribution is 6.39. The molecule has 13 heteroatoms. The van der Waals surface area contributed by atoms with Crippen LogP contribution in [-0.4, -0.2) is 121 Å². The minimum Gasteiger partial charge on any atom is -0.456 e. The fourth-order valence-corrected chi connectivity index (χ4v) is 12.4. The van der Waals surface area contributed by atoms with Crippen molar-refractivity contribution in [3.8, 4) is 0 Å². The third kappa shape index (κ3) is 13.0. The number of Topliss-reactive ketones (excluding diaryl/α,β-unsaturated/α-hetero) is 2. The van der Waals surface area contributed by atoms with Crippen molar-refractivity contribution in [2.24, 2.45) is 29.6 Å². The summed E-state index contributed by atoms with van der Waals surface area (Å²) in [6, 6.07) is 18.4. The van der Waals surface area contributed by atoms with Gasteiger partial charge < -0.3 is 43.2 Å². The zero-order valence-corrected chi connectivity index (χ0v) is 45.0. The number of methoxy groups -OCH3 is 3. The summed E-state index contributed by atoms with van der Waals surface area (Å²) in [4.78, 5) is 61.4. The van der Waals surface area contributed by atoms with Gasteiger partial charge in [-0.15, -0.1) is 6.58 Å². The summed E-state index contributed by atoms with van der Waals surface area (Å²) in [7, 11) is 7.04. The second-order valence-corrected chi connectivity index (χ2v) is 21.9. The van der Waals surface area contributed by atoms with Crippen LogP contribution >= 0.6 is 0 Å². The highest BCUT2D eigenvalue weighted by Crippen LogP contribution is 2.40. The molecule has 0 radical (unpaired) electrons. The zero-order chi connectivity index (χ0) is 52.6. The Balaban J connectivity index is 1.14. The smallest absolute Gasteiger partial charge is 0.329 e. The molecule has 1 saturated carbocycles. The number of likely N-dealkylation sites (N-methyl/N-ethyl adjacent to an activating group) is 1. The van der Waals surface area contributed by atoms with Crippen LogP contribution in [0.1, 0.15) is 117 Å². The van der Waals surface area contributed by atoms with Gasteiger partial charge in [0.1, 0.15) is 24.0 Å². The number of allylic oxidation sites excluding steroid dienone is 4. The van der Waals surface area contributed by atoms with Gasteiger partial charge in [0.25, 0.3) is 11.7 Å². The lowest BCUT2D eigenvalue weighted by atomic mass is 9.80. The Bertz CT molecular complexity index is 2450. The van der Waals surface area contributed by atoms with E-state index in [0.29, 0.717) is 44.9 Å². The number of aliphatic hydroxyl groups is 1. The van der Waals surface area contributed by atoms with E-state index in [1.807, 2.05) is 26.8 Å². The van der Waals surface area contributed by atoms with Crippen molar-refractivity contribution in [1.29, 1.82) is 0 Å². The van der Waals surface area contributed by atoms with Crippen LogP contribution in [0.15, 0.2) is 96.7 Å². The maximum Gasteiger partial charge on any atom is 0.329 e. The fraction of sp³-hybridized carbons (Fsp3) is 0.600. The quantitative estimate of drug-likeness (QED) is 0.111. The van der Waals surface area contributed by atoms with Crippen molar-refractivity contribution >= 4 is 40.0 Å². The molecule has 3 fully saturated rings. The van der Waals surface area contributed by atoms with Crippen molar-refractivity contribution in [2.45, 2.75) is 167 Å². The molecule has 73 heavy (non-hydrogen) atoms. The van der Waals surface area contributed by atoms with Crippen LogP contribution in [0.4, 0.5) is 5.69 Å². The van der Waals surface area contributed by atoms with Crippen molar-refractivity contribution < 1.29 is 48.0 Å². The first-order chi connectivity index (χ1) is 35.0. The Morgan fingerprint density at radius 1 is 0.904 bits per heavy atom. The molecular formula is C60H83N3O10. The van der Waals surface area contributed by atoms with Gasteiger partial charge in [0.05, 0.1) is 24.4 Å². The molecule has 13 nitrogen and oxygen atoms in total. The lowest BCUT2D eigenvalue weighted by Gasteiger charge is -2.47. The molecule has 1 N–H and O–H groups in total. The number of hydrogen-bond donors (Lipinski definition) is 1. The van der Waals surface area contributed by atoms with Crippen LogP contribution in [0.2, 0.25) is 0 Å². The average molecular weight is 1010 g/mol. The number of hydrogen-bond acceptors (Lipinski definition) is 11. The molecule has 3 aromatic rings. The Hall–Kier alpha value is -4.92. The third-order valence-corrected chi connectivity index (χ3v) is 16.6. The van der Waals surface area contributed by atoms with Gasteiger partial charge in [-0.25, -0.2) is 4.79 Å². The van der Waals surface area contributed by atoms with Crippen molar-refractivity contribution in [3.05, 3.63) is 102 Å². The van der Waals surface area contributed by atoms with Gasteiger partial charge in [-0.2, -0.15) is 0 Å². The Kier molecular flexibility index (Phi) is 19.2. The van der Waals surface area contributed by atoms with Gasteiger partial charge in [-0.1, -0.05) is 74.9 Å². The Morgan fingerprint density at radius 3 is 2.34 bits per heavy atom. The summed E-state index contributed by atoms with van der Waals surface area (Å²) < 4.78 is 33.3. The summed E-state index contributed by atoms with van der Waals surface area (Å²) >= 11 is 0. The van der Waals surface area contributed by atoms with Crippen LogP contribution in [0.5, 0.6) is 0 Å². The number of nitrogens with zero attached hydrogens (tertiary/aromatic N) is 3. The van der Waals surface area contributed by atoms with Crippen LogP contribution in [-0.2, 0) is 49.4 Å². The lowest BCUT2D eigenvalue weighted by Crippen LogP contribution is -2.64. The molecule has 1 aromatic heterocycles. The molecular weight excluding hydrogens is 923 g/mol. The normalized spacial score (nSPS) is 33.5. The summed E-state index contributed by atoms with van der Waals surface area (Å²) in [5.74, 6) is -6.37. The van der Waals surface area contributed by atoms with Gasteiger partial charge in [0.15, 0.2) is 0 Å². The molecule has 13 atom stereocenters. The van der Waals surface area contributed by atoms with E-state index in [1.165, 1.54) is 21.4 Å². The summed E-state index contributed by atoms with van der Waals surface area (Å²) in [5, 5.41) is 13.4. The molecule has 398 valence electrons. The molecule has 2 aromatic carbocycles.